The zero-order valence-corrected chi connectivity index (χ0v) is 22.8. The van der Waals surface area contributed by atoms with E-state index < -0.39 is 29.2 Å². The molecule has 5 atom stereocenters. The molecule has 0 amide bonds. The second-order valence-corrected chi connectivity index (χ2v) is 12.1. The molecule has 0 saturated carbocycles. The summed E-state index contributed by atoms with van der Waals surface area (Å²) in [5.41, 5.74) is -0.463. The Kier molecular flexibility index (Phi) is 9.22. The Morgan fingerprint density at radius 2 is 1.89 bits per heavy atom. The minimum atomic E-state index is -1.23. The summed E-state index contributed by atoms with van der Waals surface area (Å²) in [5, 5.41) is 24.2. The molecule has 4 nitrogen and oxygen atoms in total. The summed E-state index contributed by atoms with van der Waals surface area (Å²) in [6, 6.07) is 13.2. The lowest BCUT2D eigenvalue weighted by atomic mass is 9.62. The van der Waals surface area contributed by atoms with Crippen LogP contribution in [-0.2, 0) is 10.2 Å². The summed E-state index contributed by atoms with van der Waals surface area (Å²) in [5.74, 6) is -1.38. The van der Waals surface area contributed by atoms with Crippen molar-refractivity contribution < 1.29 is 14.3 Å². The predicted octanol–water partition coefficient (Wildman–Crippen LogP) is 6.82. The van der Waals surface area contributed by atoms with Gasteiger partial charge in [0.2, 0.25) is 0 Å². The van der Waals surface area contributed by atoms with Gasteiger partial charge in [-0.05, 0) is 59.9 Å². The van der Waals surface area contributed by atoms with Crippen LogP contribution in [0.1, 0.15) is 70.4 Å². The summed E-state index contributed by atoms with van der Waals surface area (Å²) < 4.78 is 15.6. The smallest absolute Gasteiger partial charge is 0.150 e. The Hall–Kier alpha value is -1.97. The topological polar surface area (TPSA) is 73.1 Å². The van der Waals surface area contributed by atoms with Crippen molar-refractivity contribution in [2.24, 2.45) is 11.3 Å². The monoisotopic (exact) mass is 532 g/mol. The average molecular weight is 534 g/mol. The van der Waals surface area contributed by atoms with Crippen molar-refractivity contribution in [3.63, 3.8) is 0 Å². The fourth-order valence-electron chi connectivity index (χ4n) is 5.41. The zero-order valence-electron chi connectivity index (χ0n) is 21.3. The lowest BCUT2D eigenvalue weighted by Crippen LogP contribution is -2.44. The van der Waals surface area contributed by atoms with Gasteiger partial charge in [0.05, 0.1) is 17.1 Å². The third-order valence-corrected chi connectivity index (χ3v) is 7.72. The Bertz CT molecular complexity index is 1110. The number of Topliss-reactive ketones (excluding diaryl/α,β-unsaturated/α-hetero) is 1. The number of rotatable bonds is 9. The molecule has 3 rings (SSSR count). The molecule has 7 heteroatoms. The van der Waals surface area contributed by atoms with Gasteiger partial charge in [0.25, 0.3) is 0 Å². The molecule has 1 aliphatic heterocycles. The number of aliphatic hydroxyl groups is 1. The van der Waals surface area contributed by atoms with Crippen LogP contribution < -0.4 is 5.32 Å². The van der Waals surface area contributed by atoms with Crippen LogP contribution in [0.5, 0.6) is 0 Å². The van der Waals surface area contributed by atoms with E-state index in [1.807, 2.05) is 6.92 Å². The molecule has 1 fully saturated rings. The van der Waals surface area contributed by atoms with Crippen LogP contribution in [-0.4, -0.2) is 29.6 Å². The van der Waals surface area contributed by atoms with E-state index >= 15 is 4.39 Å². The normalized spacial score (nSPS) is 24.9. The maximum Gasteiger partial charge on any atom is 0.150 e. The number of ketones is 1. The van der Waals surface area contributed by atoms with E-state index in [0.29, 0.717) is 29.8 Å². The fourth-order valence-corrected chi connectivity index (χ4v) is 5.72. The first-order chi connectivity index (χ1) is 16.9. The number of nitrogens with one attached hydrogen (secondary N) is 1. The number of hydrogen-bond acceptors (Lipinski definition) is 4. The van der Waals surface area contributed by atoms with Crippen molar-refractivity contribution in [3.05, 3.63) is 69.5 Å². The first-order valence-corrected chi connectivity index (χ1v) is 13.2. The van der Waals surface area contributed by atoms with Gasteiger partial charge in [-0.25, -0.2) is 4.39 Å². The molecule has 2 aromatic rings. The number of benzene rings is 2. The number of aliphatic hydroxyl groups excluding tert-OH is 1. The Morgan fingerprint density at radius 1 is 1.22 bits per heavy atom. The summed E-state index contributed by atoms with van der Waals surface area (Å²) in [6.07, 6.45) is 2.17. The molecular weight excluding hydrogens is 498 g/mol. The van der Waals surface area contributed by atoms with Gasteiger partial charge in [-0.3, -0.25) is 4.79 Å². The van der Waals surface area contributed by atoms with E-state index in [1.54, 1.807) is 36.4 Å². The maximum atomic E-state index is 15.6. The second kappa shape index (κ2) is 11.6. The quantitative estimate of drug-likeness (QED) is 0.371. The first-order valence-electron chi connectivity index (χ1n) is 12.5. The molecule has 0 unspecified atom stereocenters. The average Bonchev–Trinajstić information content (AvgIpc) is 3.14. The molecule has 0 aromatic heterocycles. The molecule has 36 heavy (non-hydrogen) atoms. The van der Waals surface area contributed by atoms with Crippen LogP contribution in [0, 0.1) is 28.5 Å². The van der Waals surface area contributed by atoms with Gasteiger partial charge in [0, 0.05) is 30.0 Å². The minimum absolute atomic E-state index is 0.0438. The molecule has 0 bridgehead atoms. The number of carbonyl (C=O) groups is 1. The Morgan fingerprint density at radius 3 is 2.47 bits per heavy atom. The summed E-state index contributed by atoms with van der Waals surface area (Å²) >= 11 is 12.4. The molecule has 2 aromatic carbocycles. The van der Waals surface area contributed by atoms with Crippen LogP contribution >= 0.6 is 23.2 Å². The number of nitrogens with zero attached hydrogens (tertiary/aromatic N) is 1. The van der Waals surface area contributed by atoms with Gasteiger partial charge in [0.1, 0.15) is 17.0 Å². The van der Waals surface area contributed by atoms with Gasteiger partial charge in [-0.1, -0.05) is 75.2 Å². The molecule has 2 N–H and O–H groups in total. The van der Waals surface area contributed by atoms with Crippen LogP contribution in [0.25, 0.3) is 0 Å². The standard InChI is InChI=1S/C29H35Cl2FN2O2/c1-18(16-35)7-5-10-23(36)27-25(21-8-6-9-22(31)26(21)32)29(17-33,19-11-13-20(30)14-12-19)24(34-27)15-28(2,3)4/h6,8-9,11-14,18,24-25,27,34-35H,5,7,10,15-16H2,1-4H3/t18-,24+,25+,27+,29+/m1/s1. The van der Waals surface area contributed by atoms with E-state index in [1.165, 1.54) is 6.07 Å². The van der Waals surface area contributed by atoms with Gasteiger partial charge in [-0.15, -0.1) is 0 Å². The second-order valence-electron chi connectivity index (χ2n) is 11.2. The van der Waals surface area contributed by atoms with Gasteiger partial charge in [-0.2, -0.15) is 5.26 Å². The molecule has 0 spiro atoms. The van der Waals surface area contributed by atoms with Gasteiger partial charge in [0.15, 0.2) is 0 Å². The Labute approximate surface area is 223 Å². The van der Waals surface area contributed by atoms with E-state index in [0.717, 1.165) is 0 Å². The van der Waals surface area contributed by atoms with Crippen LogP contribution in [0.4, 0.5) is 4.39 Å². The molecule has 1 heterocycles. The Balaban J connectivity index is 2.19. The number of hydrogen-bond donors (Lipinski definition) is 2. The zero-order chi connectivity index (χ0) is 26.7. The van der Waals surface area contributed by atoms with Gasteiger partial charge >= 0.3 is 0 Å². The molecule has 194 valence electrons. The molecule has 1 aliphatic rings. The molecule has 1 saturated heterocycles. The van der Waals surface area contributed by atoms with Crippen molar-refractivity contribution >= 4 is 29.0 Å². The van der Waals surface area contributed by atoms with Crippen LogP contribution in [0.3, 0.4) is 0 Å². The van der Waals surface area contributed by atoms with E-state index in [4.69, 9.17) is 23.2 Å². The maximum absolute atomic E-state index is 15.6. The highest BCUT2D eigenvalue weighted by Gasteiger charge is 2.59. The van der Waals surface area contributed by atoms with Crippen molar-refractivity contribution in [2.45, 2.75) is 76.8 Å². The van der Waals surface area contributed by atoms with E-state index in [2.05, 4.69) is 32.2 Å². The van der Waals surface area contributed by atoms with Crippen molar-refractivity contribution in [1.29, 1.82) is 5.26 Å². The highest BCUT2D eigenvalue weighted by Crippen LogP contribution is 2.52. The number of halogens is 3. The fraction of sp³-hybridized carbons (Fsp3) is 0.517. The molecule has 0 radical (unpaired) electrons. The minimum Gasteiger partial charge on any atom is -0.396 e. The summed E-state index contributed by atoms with van der Waals surface area (Å²) in [7, 11) is 0. The van der Waals surface area contributed by atoms with Crippen molar-refractivity contribution in [3.8, 4) is 6.07 Å². The van der Waals surface area contributed by atoms with Crippen LogP contribution in [0.15, 0.2) is 42.5 Å². The van der Waals surface area contributed by atoms with Crippen molar-refractivity contribution in [2.75, 3.05) is 6.61 Å². The lowest BCUT2D eigenvalue weighted by Gasteiger charge is -2.37. The number of carbonyl (C=O) groups excluding carboxylic acids is 1. The first kappa shape index (κ1) is 28.6. The molecular formula is C29H35Cl2FN2O2. The SMILES string of the molecule is C[C@@H](CO)CCCC(=O)[C@@H]1N[C@@H](CC(C)(C)C)[C@](C#N)(c2ccc(Cl)cc2)[C@H]1c1cccc(Cl)c1F. The van der Waals surface area contributed by atoms with Crippen LogP contribution in [0.2, 0.25) is 10.0 Å². The predicted molar refractivity (Wildman–Crippen MR) is 143 cm³/mol. The largest absolute Gasteiger partial charge is 0.396 e. The summed E-state index contributed by atoms with van der Waals surface area (Å²) in [6.45, 7) is 8.24. The third-order valence-electron chi connectivity index (χ3n) is 7.17. The highest BCUT2D eigenvalue weighted by atomic mass is 35.5. The van der Waals surface area contributed by atoms with E-state index in [9.17, 15) is 15.2 Å². The van der Waals surface area contributed by atoms with Gasteiger partial charge < -0.3 is 10.4 Å². The lowest BCUT2D eigenvalue weighted by molar-refractivity contribution is -0.121. The third kappa shape index (κ3) is 5.94. The van der Waals surface area contributed by atoms with Crippen molar-refractivity contribution in [1.82, 2.24) is 5.32 Å². The number of nitriles is 1. The highest BCUT2D eigenvalue weighted by molar-refractivity contribution is 6.31. The molecule has 0 aliphatic carbocycles. The van der Waals surface area contributed by atoms with E-state index in [-0.39, 0.29) is 40.7 Å². The summed E-state index contributed by atoms with van der Waals surface area (Å²) in [4.78, 5) is 13.7.